The number of rotatable bonds is 6. The van der Waals surface area contributed by atoms with Crippen molar-refractivity contribution >= 4 is 5.70 Å². The van der Waals surface area contributed by atoms with Gasteiger partial charge in [0.05, 0.1) is 6.54 Å². The Balaban J connectivity index is 2.25. The summed E-state index contributed by atoms with van der Waals surface area (Å²) in [6.45, 7) is 5.55. The van der Waals surface area contributed by atoms with Gasteiger partial charge < -0.3 is 14.4 Å². The van der Waals surface area contributed by atoms with Gasteiger partial charge in [-0.05, 0) is 48.4 Å². The van der Waals surface area contributed by atoms with Crippen LogP contribution in [-0.4, -0.2) is 31.8 Å². The molecule has 0 fully saturated rings. The zero-order valence-electron chi connectivity index (χ0n) is 12.7. The number of hydrogen-bond acceptors (Lipinski definition) is 3. The molecule has 0 aromatic heterocycles. The highest BCUT2D eigenvalue weighted by Crippen LogP contribution is 2.31. The lowest BCUT2D eigenvalue weighted by Gasteiger charge is -2.32. The first-order valence-electron chi connectivity index (χ1n) is 6.88. The average molecular weight is 307 g/mol. The molecule has 1 aromatic carbocycles. The normalized spacial score (nSPS) is 15.0. The van der Waals surface area contributed by atoms with E-state index in [1.54, 1.807) is 24.1 Å². The van der Waals surface area contributed by atoms with Crippen LogP contribution in [0.3, 0.4) is 0 Å². The Morgan fingerprint density at radius 2 is 1.86 bits per heavy atom. The number of hydrogen-bond donors (Lipinski definition) is 0. The smallest absolute Gasteiger partial charge is 0.256 e. The second-order valence-corrected chi connectivity index (χ2v) is 4.93. The molecule has 1 aliphatic heterocycles. The Kier molecular flexibility index (Phi) is 5.33. The van der Waals surface area contributed by atoms with Gasteiger partial charge >= 0.3 is 0 Å². The fraction of sp³-hybridized carbons (Fsp3) is 0.294. The summed E-state index contributed by atoms with van der Waals surface area (Å²) in [4.78, 5) is 1.55. The van der Waals surface area contributed by atoms with Crippen LogP contribution in [0.2, 0.25) is 0 Å². The van der Waals surface area contributed by atoms with E-state index in [-0.39, 0.29) is 13.3 Å². The van der Waals surface area contributed by atoms with Crippen LogP contribution in [0, 0.1) is 0 Å². The van der Waals surface area contributed by atoms with Crippen molar-refractivity contribution in [2.45, 2.75) is 13.3 Å². The molecule has 0 saturated heterocycles. The molecule has 1 heterocycles. The Morgan fingerprint density at radius 1 is 1.18 bits per heavy atom. The maximum Gasteiger partial charge on any atom is 0.256 e. The average Bonchev–Trinajstić information content (AvgIpc) is 2.50. The first kappa shape index (κ1) is 16.2. The zero-order valence-corrected chi connectivity index (χ0v) is 12.7. The number of ether oxygens (including phenoxy) is 2. The van der Waals surface area contributed by atoms with Crippen LogP contribution in [0.25, 0.3) is 5.70 Å². The molecule has 1 aromatic rings. The van der Waals surface area contributed by atoms with Gasteiger partial charge in [-0.15, -0.1) is 0 Å². The molecule has 0 aliphatic carbocycles. The predicted molar refractivity (Wildman–Crippen MR) is 82.5 cm³/mol. The van der Waals surface area contributed by atoms with Crippen molar-refractivity contribution in [1.82, 2.24) is 4.90 Å². The van der Waals surface area contributed by atoms with Crippen LogP contribution in [0.4, 0.5) is 8.78 Å². The number of halogens is 2. The van der Waals surface area contributed by atoms with Gasteiger partial charge in [0.15, 0.2) is 6.79 Å². The van der Waals surface area contributed by atoms with Crippen molar-refractivity contribution in [2.75, 3.05) is 20.4 Å². The quantitative estimate of drug-likeness (QED) is 0.740. The van der Waals surface area contributed by atoms with Gasteiger partial charge in [-0.2, -0.15) is 0 Å². The van der Waals surface area contributed by atoms with E-state index in [4.69, 9.17) is 9.47 Å². The van der Waals surface area contributed by atoms with Gasteiger partial charge in [0, 0.05) is 18.5 Å². The lowest BCUT2D eigenvalue weighted by molar-refractivity contribution is 0.0511. The summed E-state index contributed by atoms with van der Waals surface area (Å²) in [6.07, 6.45) is 1.28. The maximum absolute atomic E-state index is 12.8. The van der Waals surface area contributed by atoms with Crippen molar-refractivity contribution in [3.8, 4) is 5.75 Å². The molecule has 0 saturated carbocycles. The molecule has 3 nitrogen and oxygen atoms in total. The highest BCUT2D eigenvalue weighted by atomic mass is 19.3. The second kappa shape index (κ2) is 7.22. The van der Waals surface area contributed by atoms with E-state index >= 15 is 0 Å². The number of nitrogens with zero attached hydrogens (tertiary/aromatic N) is 1. The maximum atomic E-state index is 12.8. The third-order valence-corrected chi connectivity index (χ3v) is 3.38. The summed E-state index contributed by atoms with van der Waals surface area (Å²) in [5, 5.41) is 0. The largest absolute Gasteiger partial charge is 0.468 e. The number of methoxy groups -OCH3 is 1. The van der Waals surface area contributed by atoms with Gasteiger partial charge in [-0.1, -0.05) is 12.7 Å². The highest BCUT2D eigenvalue weighted by Gasteiger charge is 2.22. The molecular formula is C17H19F2NO2. The molecule has 0 bridgehead atoms. The number of alkyl halides is 2. The topological polar surface area (TPSA) is 21.7 Å². The summed E-state index contributed by atoms with van der Waals surface area (Å²) in [5.74, 6) is 0.660. The Hall–Kier alpha value is -2.14. The lowest BCUT2D eigenvalue weighted by atomic mass is 10.0. The number of benzene rings is 1. The third-order valence-electron chi connectivity index (χ3n) is 3.38. The Bertz CT molecular complexity index is 591. The standard InChI is InChI=1S/C17H19F2NO2/c1-12-4-9-16(20(13(12)2)10-17(18)19)14-5-7-15(8-6-14)22-11-21-3/h4-9,17H,2,10-11H2,1,3H3. The van der Waals surface area contributed by atoms with Crippen molar-refractivity contribution in [2.24, 2.45) is 0 Å². The number of allylic oxidation sites excluding steroid dienone is 3. The monoisotopic (exact) mass is 307 g/mol. The molecule has 0 radical (unpaired) electrons. The SMILES string of the molecule is C=C1C(C)=CC=C(c2ccc(OCOC)cc2)N1CC(F)F. The zero-order chi connectivity index (χ0) is 16.1. The molecule has 0 spiro atoms. The van der Waals surface area contributed by atoms with Crippen molar-refractivity contribution < 1.29 is 18.3 Å². The van der Waals surface area contributed by atoms with Crippen molar-refractivity contribution in [1.29, 1.82) is 0 Å². The van der Waals surface area contributed by atoms with E-state index in [0.717, 1.165) is 11.1 Å². The first-order chi connectivity index (χ1) is 10.5. The molecule has 0 atom stereocenters. The van der Waals surface area contributed by atoms with Crippen LogP contribution < -0.4 is 4.74 Å². The van der Waals surface area contributed by atoms with Crippen LogP contribution in [0.5, 0.6) is 5.75 Å². The van der Waals surface area contributed by atoms with E-state index in [9.17, 15) is 8.78 Å². The fourth-order valence-electron chi connectivity index (χ4n) is 2.20. The summed E-state index contributed by atoms with van der Waals surface area (Å²) in [5.41, 5.74) is 3.01. The fourth-order valence-corrected chi connectivity index (χ4v) is 2.20. The first-order valence-corrected chi connectivity index (χ1v) is 6.88. The van der Waals surface area contributed by atoms with Gasteiger partial charge in [-0.25, -0.2) is 8.78 Å². The molecule has 0 unspecified atom stereocenters. The van der Waals surface area contributed by atoms with Gasteiger partial charge in [0.2, 0.25) is 0 Å². The van der Waals surface area contributed by atoms with Crippen molar-refractivity contribution in [3.05, 3.63) is 59.8 Å². The van der Waals surface area contributed by atoms with Crippen LogP contribution in [0.1, 0.15) is 12.5 Å². The summed E-state index contributed by atoms with van der Waals surface area (Å²) in [7, 11) is 1.55. The van der Waals surface area contributed by atoms with E-state index in [1.165, 1.54) is 0 Å². The van der Waals surface area contributed by atoms with E-state index in [2.05, 4.69) is 6.58 Å². The lowest BCUT2D eigenvalue weighted by Crippen LogP contribution is -2.28. The molecular weight excluding hydrogens is 288 g/mol. The Morgan fingerprint density at radius 3 is 2.45 bits per heavy atom. The summed E-state index contributed by atoms with van der Waals surface area (Å²) in [6, 6.07) is 7.22. The van der Waals surface area contributed by atoms with Gasteiger partial charge in [-0.3, -0.25) is 0 Å². The van der Waals surface area contributed by atoms with Gasteiger partial charge in [0.1, 0.15) is 5.75 Å². The highest BCUT2D eigenvalue weighted by molar-refractivity contribution is 5.71. The summed E-state index contributed by atoms with van der Waals surface area (Å²) < 4.78 is 35.9. The minimum absolute atomic E-state index is 0.165. The molecule has 22 heavy (non-hydrogen) atoms. The van der Waals surface area contributed by atoms with E-state index in [1.807, 2.05) is 31.2 Å². The van der Waals surface area contributed by atoms with Crippen molar-refractivity contribution in [3.63, 3.8) is 0 Å². The molecule has 2 rings (SSSR count). The van der Waals surface area contributed by atoms with Crippen LogP contribution in [-0.2, 0) is 4.74 Å². The van der Waals surface area contributed by atoms with E-state index in [0.29, 0.717) is 17.1 Å². The summed E-state index contributed by atoms with van der Waals surface area (Å²) >= 11 is 0. The van der Waals surface area contributed by atoms with E-state index < -0.39 is 6.43 Å². The molecule has 1 aliphatic rings. The molecule has 0 amide bonds. The molecule has 118 valence electrons. The Labute approximate surface area is 129 Å². The van der Waals surface area contributed by atoms with Crippen LogP contribution in [0.15, 0.2) is 54.3 Å². The minimum atomic E-state index is -2.43. The second-order valence-electron chi connectivity index (χ2n) is 4.93. The van der Waals surface area contributed by atoms with Crippen LogP contribution >= 0.6 is 0 Å². The predicted octanol–water partition coefficient (Wildman–Crippen LogP) is 4.05. The minimum Gasteiger partial charge on any atom is -0.468 e. The molecule has 5 heteroatoms. The molecule has 0 N–H and O–H groups in total. The third kappa shape index (κ3) is 3.74. The van der Waals surface area contributed by atoms with Gasteiger partial charge in [0.25, 0.3) is 6.43 Å².